The summed E-state index contributed by atoms with van der Waals surface area (Å²) in [6.45, 7) is -0.0976. The van der Waals surface area contributed by atoms with Gasteiger partial charge in [-0.2, -0.15) is 0 Å². The highest BCUT2D eigenvalue weighted by Gasteiger charge is 2.44. The van der Waals surface area contributed by atoms with E-state index >= 15 is 0 Å². The number of anilines is 2. The van der Waals surface area contributed by atoms with Crippen LogP contribution in [0.1, 0.15) is 29.4 Å². The molecular formula is C21H24N8O6. The second kappa shape index (κ2) is 10.0. The standard InChI is InChI=1S/C21H24N8O6/c22-18-15-20(26-8-25-18)29(9-27-15)21-17(33)16(32)12(35-21)7-24-13(30)4-5-14(31)28-11-3-1-2-10(6-11)19(23)34/h1-3,6,8-9,12,16-17,21,32-33H,4-5,7H2,(H2,23,34)(H,24,30)(H,28,31)(H2,22,25,26)/t12?,16-,17-,21?/m1/s1. The van der Waals surface area contributed by atoms with Gasteiger partial charge in [-0.15, -0.1) is 0 Å². The molecule has 0 saturated carbocycles. The Morgan fingerprint density at radius 2 is 1.86 bits per heavy atom. The second-order valence-electron chi connectivity index (χ2n) is 7.93. The maximum Gasteiger partial charge on any atom is 0.248 e. The molecule has 0 bridgehead atoms. The average Bonchev–Trinajstić information content (AvgIpc) is 3.38. The van der Waals surface area contributed by atoms with Crippen LogP contribution >= 0.6 is 0 Å². The van der Waals surface area contributed by atoms with E-state index in [2.05, 4.69) is 25.6 Å². The molecule has 14 heteroatoms. The highest BCUT2D eigenvalue weighted by atomic mass is 16.6. The number of hydrogen-bond acceptors (Lipinski definition) is 10. The number of imidazole rings is 1. The predicted molar refractivity (Wildman–Crippen MR) is 121 cm³/mol. The number of hydrogen-bond donors (Lipinski definition) is 6. The highest BCUT2D eigenvalue weighted by Crippen LogP contribution is 2.31. The van der Waals surface area contributed by atoms with Crippen molar-refractivity contribution in [2.24, 2.45) is 5.73 Å². The van der Waals surface area contributed by atoms with Crippen molar-refractivity contribution >= 4 is 40.4 Å². The lowest BCUT2D eigenvalue weighted by Gasteiger charge is -2.16. The molecule has 1 aliphatic rings. The van der Waals surface area contributed by atoms with Gasteiger partial charge in [-0.3, -0.25) is 19.0 Å². The van der Waals surface area contributed by atoms with E-state index in [-0.39, 0.29) is 30.8 Å². The Labute approximate surface area is 198 Å². The lowest BCUT2D eigenvalue weighted by Crippen LogP contribution is -2.40. The molecule has 1 fully saturated rings. The Hall–Kier alpha value is -4.14. The minimum absolute atomic E-state index is 0.0976. The van der Waals surface area contributed by atoms with Gasteiger partial charge < -0.3 is 37.1 Å². The zero-order valence-corrected chi connectivity index (χ0v) is 18.4. The number of rotatable bonds is 8. The molecule has 184 valence electrons. The fourth-order valence-corrected chi connectivity index (χ4v) is 3.69. The summed E-state index contributed by atoms with van der Waals surface area (Å²) in [4.78, 5) is 47.6. The number of nitrogens with zero attached hydrogens (tertiary/aromatic N) is 4. The molecule has 3 heterocycles. The number of aliphatic hydroxyl groups is 2. The van der Waals surface area contributed by atoms with Crippen LogP contribution in [0.3, 0.4) is 0 Å². The van der Waals surface area contributed by atoms with Crippen molar-refractivity contribution in [2.75, 3.05) is 17.6 Å². The van der Waals surface area contributed by atoms with Crippen LogP contribution in [0.15, 0.2) is 36.9 Å². The van der Waals surface area contributed by atoms with E-state index in [0.29, 0.717) is 16.9 Å². The molecule has 1 aliphatic heterocycles. The van der Waals surface area contributed by atoms with Crippen LogP contribution in [-0.4, -0.2) is 72.3 Å². The van der Waals surface area contributed by atoms with Crippen LogP contribution in [0.2, 0.25) is 0 Å². The fourth-order valence-electron chi connectivity index (χ4n) is 3.69. The largest absolute Gasteiger partial charge is 0.387 e. The van der Waals surface area contributed by atoms with Crippen molar-refractivity contribution in [3.8, 4) is 0 Å². The molecule has 0 spiro atoms. The number of fused-ring (bicyclic) bond motifs is 1. The number of primary amides is 1. The van der Waals surface area contributed by atoms with Crippen LogP contribution in [0.5, 0.6) is 0 Å². The molecule has 14 nitrogen and oxygen atoms in total. The Kier molecular flexibility index (Phi) is 6.86. The van der Waals surface area contributed by atoms with Gasteiger partial charge in [0.1, 0.15) is 30.2 Å². The molecule has 8 N–H and O–H groups in total. The number of nitrogens with one attached hydrogen (secondary N) is 2. The number of nitrogens with two attached hydrogens (primary N) is 2. The highest BCUT2D eigenvalue weighted by molar-refractivity contribution is 5.97. The van der Waals surface area contributed by atoms with Crippen molar-refractivity contribution in [3.63, 3.8) is 0 Å². The van der Waals surface area contributed by atoms with Crippen molar-refractivity contribution in [1.29, 1.82) is 0 Å². The van der Waals surface area contributed by atoms with Gasteiger partial charge in [-0.25, -0.2) is 15.0 Å². The monoisotopic (exact) mass is 484 g/mol. The van der Waals surface area contributed by atoms with Gasteiger partial charge in [0.2, 0.25) is 17.7 Å². The molecule has 4 rings (SSSR count). The third kappa shape index (κ3) is 5.18. The summed E-state index contributed by atoms with van der Waals surface area (Å²) in [5.74, 6) is -1.34. The van der Waals surface area contributed by atoms with Crippen LogP contribution < -0.4 is 22.1 Å². The number of benzene rings is 1. The summed E-state index contributed by atoms with van der Waals surface area (Å²) in [5.41, 5.74) is 12.3. The third-order valence-electron chi connectivity index (χ3n) is 5.51. The molecule has 0 aliphatic carbocycles. The lowest BCUT2D eigenvalue weighted by atomic mass is 10.1. The quantitative estimate of drug-likeness (QED) is 0.221. The molecule has 2 aromatic heterocycles. The van der Waals surface area contributed by atoms with Crippen LogP contribution in [0, 0.1) is 0 Å². The number of carbonyl (C=O) groups excluding carboxylic acids is 3. The van der Waals surface area contributed by atoms with Crippen molar-refractivity contribution < 1.29 is 29.3 Å². The summed E-state index contributed by atoms with van der Waals surface area (Å²) in [6, 6.07) is 6.12. The SMILES string of the molecule is NC(=O)c1cccc(NC(=O)CCC(=O)NCC2OC(n3cnc4c(N)ncnc43)[C@H](O)[C@@H]2O)c1. The molecule has 1 aromatic carbocycles. The van der Waals surface area contributed by atoms with Gasteiger partial charge in [-0.05, 0) is 18.2 Å². The summed E-state index contributed by atoms with van der Waals surface area (Å²) >= 11 is 0. The van der Waals surface area contributed by atoms with E-state index in [9.17, 15) is 24.6 Å². The van der Waals surface area contributed by atoms with Crippen molar-refractivity contribution in [2.45, 2.75) is 37.4 Å². The first-order valence-corrected chi connectivity index (χ1v) is 10.7. The van der Waals surface area contributed by atoms with E-state index in [1.165, 1.54) is 29.4 Å². The van der Waals surface area contributed by atoms with Crippen molar-refractivity contribution in [3.05, 3.63) is 42.5 Å². The first-order chi connectivity index (χ1) is 16.7. The van der Waals surface area contributed by atoms with Gasteiger partial charge in [-0.1, -0.05) is 6.07 Å². The van der Waals surface area contributed by atoms with Crippen molar-refractivity contribution in [1.82, 2.24) is 24.8 Å². The molecule has 2 unspecified atom stereocenters. The first kappa shape index (κ1) is 24.0. The molecule has 1 saturated heterocycles. The predicted octanol–water partition coefficient (Wildman–Crippen LogP) is -1.34. The number of carbonyl (C=O) groups is 3. The van der Waals surface area contributed by atoms with E-state index in [1.54, 1.807) is 12.1 Å². The minimum Gasteiger partial charge on any atom is -0.387 e. The molecule has 35 heavy (non-hydrogen) atoms. The fraction of sp³-hybridized carbons (Fsp3) is 0.333. The molecule has 0 radical (unpaired) electrons. The first-order valence-electron chi connectivity index (χ1n) is 10.7. The van der Waals surface area contributed by atoms with Gasteiger partial charge in [0, 0.05) is 30.6 Å². The van der Waals surface area contributed by atoms with Crippen LogP contribution in [-0.2, 0) is 14.3 Å². The topological polar surface area (TPSA) is 221 Å². The Balaban J connectivity index is 1.28. The zero-order chi connectivity index (χ0) is 25.1. The summed E-state index contributed by atoms with van der Waals surface area (Å²) in [5, 5.41) is 26.0. The second-order valence-corrected chi connectivity index (χ2v) is 7.93. The summed E-state index contributed by atoms with van der Waals surface area (Å²) < 4.78 is 7.19. The summed E-state index contributed by atoms with van der Waals surface area (Å²) in [6.07, 6.45) is -2.16. The third-order valence-corrected chi connectivity index (χ3v) is 5.51. The molecule has 3 amide bonds. The van der Waals surface area contributed by atoms with E-state index < -0.39 is 42.3 Å². The number of aliphatic hydroxyl groups excluding tert-OH is 2. The normalized spacial score (nSPS) is 21.7. The molecular weight excluding hydrogens is 460 g/mol. The zero-order valence-electron chi connectivity index (χ0n) is 18.4. The smallest absolute Gasteiger partial charge is 0.248 e. The van der Waals surface area contributed by atoms with Gasteiger partial charge in [0.25, 0.3) is 0 Å². The van der Waals surface area contributed by atoms with E-state index in [1.807, 2.05) is 0 Å². The number of amides is 3. The average molecular weight is 484 g/mol. The maximum atomic E-state index is 12.2. The van der Waals surface area contributed by atoms with Crippen LogP contribution in [0.4, 0.5) is 11.5 Å². The molecule has 3 aromatic rings. The Bertz CT molecular complexity index is 1260. The Morgan fingerprint density at radius 3 is 2.63 bits per heavy atom. The Morgan fingerprint density at radius 1 is 1.09 bits per heavy atom. The number of aromatic nitrogens is 4. The minimum atomic E-state index is -1.31. The van der Waals surface area contributed by atoms with E-state index in [4.69, 9.17) is 16.2 Å². The molecule has 4 atom stereocenters. The van der Waals surface area contributed by atoms with Gasteiger partial charge >= 0.3 is 0 Å². The number of nitrogen functional groups attached to an aromatic ring is 1. The number of ether oxygens (including phenoxy) is 1. The van der Waals surface area contributed by atoms with Gasteiger partial charge in [0.15, 0.2) is 17.7 Å². The summed E-state index contributed by atoms with van der Waals surface area (Å²) in [7, 11) is 0. The van der Waals surface area contributed by atoms with E-state index in [0.717, 1.165) is 0 Å². The lowest BCUT2D eigenvalue weighted by molar-refractivity contribution is -0.125. The van der Waals surface area contributed by atoms with Gasteiger partial charge in [0.05, 0.1) is 6.33 Å². The van der Waals surface area contributed by atoms with Crippen LogP contribution in [0.25, 0.3) is 11.2 Å². The maximum absolute atomic E-state index is 12.2.